The van der Waals surface area contributed by atoms with E-state index in [-0.39, 0.29) is 12.8 Å². The molecule has 0 rings (SSSR count). The highest BCUT2D eigenvalue weighted by Gasteiger charge is 2.35. The number of carbonyl (C=O) groups excluding carboxylic acids is 1. The molecule has 0 amide bonds. The molecule has 13 heavy (non-hydrogen) atoms. The van der Waals surface area contributed by atoms with E-state index in [2.05, 4.69) is 0 Å². The molecule has 0 aliphatic heterocycles. The second kappa shape index (κ2) is 4.02. The first-order valence-electron chi connectivity index (χ1n) is 3.77. The lowest BCUT2D eigenvalue weighted by atomic mass is 9.86. The lowest BCUT2D eigenvalue weighted by Gasteiger charge is -2.16. The third-order valence-electron chi connectivity index (χ3n) is 1.80. The van der Waals surface area contributed by atoms with E-state index in [0.717, 1.165) is 0 Å². The summed E-state index contributed by atoms with van der Waals surface area (Å²) in [6.45, 7) is 2.53. The number of Topliss-reactive ketones (excluding diaryl/α,β-unsaturated/α-hetero) is 1. The Morgan fingerprint density at radius 1 is 1.08 bits per heavy atom. The highest BCUT2D eigenvalue weighted by atomic mass is 16.4. The average molecular weight is 188 g/mol. The molecule has 0 saturated heterocycles. The van der Waals surface area contributed by atoms with E-state index in [1.165, 1.54) is 13.8 Å². The molecule has 0 aromatic carbocycles. The van der Waals surface area contributed by atoms with Crippen molar-refractivity contribution in [2.45, 2.75) is 26.7 Å². The summed E-state index contributed by atoms with van der Waals surface area (Å²) in [7, 11) is 0. The molecular weight excluding hydrogens is 176 g/mol. The van der Waals surface area contributed by atoms with Crippen LogP contribution in [0, 0.1) is 5.41 Å². The van der Waals surface area contributed by atoms with Crippen LogP contribution in [0.1, 0.15) is 26.7 Å². The first kappa shape index (κ1) is 11.6. The first-order chi connectivity index (χ1) is 5.78. The molecule has 0 aliphatic carbocycles. The molecule has 5 heteroatoms. The Morgan fingerprint density at radius 2 is 1.54 bits per heavy atom. The van der Waals surface area contributed by atoms with Crippen LogP contribution in [-0.4, -0.2) is 27.9 Å². The first-order valence-corrected chi connectivity index (χ1v) is 3.77. The molecule has 0 spiro atoms. The molecule has 0 bridgehead atoms. The number of rotatable bonds is 5. The van der Waals surface area contributed by atoms with E-state index in [9.17, 15) is 14.4 Å². The number of hydrogen-bond donors (Lipinski definition) is 2. The Labute approximate surface area is 75.4 Å². The topological polar surface area (TPSA) is 91.7 Å². The minimum Gasteiger partial charge on any atom is -0.481 e. The van der Waals surface area contributed by atoms with Crippen LogP contribution in [0.25, 0.3) is 0 Å². The van der Waals surface area contributed by atoms with Crippen molar-refractivity contribution in [3.63, 3.8) is 0 Å². The standard InChI is InChI=1S/C8H12O5/c1-8(2,7(12)13)5(9)3-4-6(10)11/h3-4H2,1-2H3,(H,10,11)(H,12,13). The van der Waals surface area contributed by atoms with Crippen molar-refractivity contribution in [1.82, 2.24) is 0 Å². The molecule has 0 saturated carbocycles. The maximum atomic E-state index is 11.2. The smallest absolute Gasteiger partial charge is 0.316 e. The van der Waals surface area contributed by atoms with Gasteiger partial charge in [-0.05, 0) is 13.8 Å². The van der Waals surface area contributed by atoms with Crippen LogP contribution >= 0.6 is 0 Å². The van der Waals surface area contributed by atoms with Crippen molar-refractivity contribution < 1.29 is 24.6 Å². The van der Waals surface area contributed by atoms with E-state index in [1.807, 2.05) is 0 Å². The summed E-state index contributed by atoms with van der Waals surface area (Å²) >= 11 is 0. The Morgan fingerprint density at radius 3 is 1.85 bits per heavy atom. The minimum atomic E-state index is -1.49. The number of carboxylic acids is 2. The van der Waals surface area contributed by atoms with Crippen LogP contribution in [0.4, 0.5) is 0 Å². The zero-order chi connectivity index (χ0) is 10.6. The lowest BCUT2D eigenvalue weighted by molar-refractivity contribution is -0.153. The third kappa shape index (κ3) is 3.23. The van der Waals surface area contributed by atoms with Gasteiger partial charge in [0, 0.05) is 6.42 Å². The Balaban J connectivity index is 4.26. The summed E-state index contributed by atoms with van der Waals surface area (Å²) in [6.07, 6.45) is -0.565. The number of aliphatic carboxylic acids is 2. The van der Waals surface area contributed by atoms with Gasteiger partial charge in [0.2, 0.25) is 0 Å². The summed E-state index contributed by atoms with van der Waals surface area (Å²) in [5, 5.41) is 16.9. The molecule has 0 radical (unpaired) electrons. The largest absolute Gasteiger partial charge is 0.481 e. The van der Waals surface area contributed by atoms with Gasteiger partial charge < -0.3 is 10.2 Å². The van der Waals surface area contributed by atoms with Crippen LogP contribution in [0.2, 0.25) is 0 Å². The molecule has 5 nitrogen and oxygen atoms in total. The van der Waals surface area contributed by atoms with E-state index >= 15 is 0 Å². The van der Waals surface area contributed by atoms with Gasteiger partial charge in [-0.2, -0.15) is 0 Å². The quantitative estimate of drug-likeness (QED) is 0.614. The van der Waals surface area contributed by atoms with Gasteiger partial charge in [0.1, 0.15) is 11.2 Å². The van der Waals surface area contributed by atoms with Crippen molar-refractivity contribution in [3.05, 3.63) is 0 Å². The molecular formula is C8H12O5. The van der Waals surface area contributed by atoms with Crippen molar-refractivity contribution >= 4 is 17.7 Å². The van der Waals surface area contributed by atoms with E-state index in [4.69, 9.17) is 10.2 Å². The van der Waals surface area contributed by atoms with Crippen LogP contribution in [-0.2, 0) is 14.4 Å². The molecule has 0 fully saturated rings. The van der Waals surface area contributed by atoms with Gasteiger partial charge in [-0.25, -0.2) is 0 Å². The van der Waals surface area contributed by atoms with Gasteiger partial charge in [-0.3, -0.25) is 14.4 Å². The van der Waals surface area contributed by atoms with Gasteiger partial charge in [0.15, 0.2) is 0 Å². The zero-order valence-corrected chi connectivity index (χ0v) is 7.53. The van der Waals surface area contributed by atoms with Gasteiger partial charge in [-0.1, -0.05) is 0 Å². The molecule has 74 valence electrons. The van der Waals surface area contributed by atoms with Crippen LogP contribution in [0.3, 0.4) is 0 Å². The molecule has 0 aromatic heterocycles. The van der Waals surface area contributed by atoms with E-state index < -0.39 is 23.1 Å². The monoisotopic (exact) mass is 188 g/mol. The number of carboxylic acid groups (broad SMARTS) is 2. The SMILES string of the molecule is CC(C)(C(=O)O)C(=O)CCC(=O)O. The molecule has 0 heterocycles. The van der Waals surface area contributed by atoms with Crippen molar-refractivity contribution in [3.8, 4) is 0 Å². The summed E-state index contributed by atoms with van der Waals surface area (Å²) in [5.74, 6) is -2.90. The fourth-order valence-corrected chi connectivity index (χ4v) is 0.652. The summed E-state index contributed by atoms with van der Waals surface area (Å²) in [4.78, 5) is 31.8. The molecule has 0 aromatic rings. The zero-order valence-electron chi connectivity index (χ0n) is 7.53. The Hall–Kier alpha value is -1.39. The summed E-state index contributed by atoms with van der Waals surface area (Å²) < 4.78 is 0. The number of carbonyl (C=O) groups is 3. The number of ketones is 1. The Bertz CT molecular complexity index is 241. The van der Waals surface area contributed by atoms with Crippen LogP contribution in [0.15, 0.2) is 0 Å². The van der Waals surface area contributed by atoms with E-state index in [0.29, 0.717) is 0 Å². The normalized spacial score (nSPS) is 10.9. The van der Waals surface area contributed by atoms with Gasteiger partial charge in [-0.15, -0.1) is 0 Å². The van der Waals surface area contributed by atoms with Gasteiger partial charge in [0.05, 0.1) is 6.42 Å². The third-order valence-corrected chi connectivity index (χ3v) is 1.80. The predicted octanol–water partition coefficient (Wildman–Crippen LogP) is 0.531. The highest BCUT2D eigenvalue weighted by molar-refractivity contribution is 6.02. The van der Waals surface area contributed by atoms with Gasteiger partial charge in [0.25, 0.3) is 0 Å². The van der Waals surface area contributed by atoms with Gasteiger partial charge >= 0.3 is 11.9 Å². The van der Waals surface area contributed by atoms with Crippen molar-refractivity contribution in [1.29, 1.82) is 0 Å². The second-order valence-electron chi connectivity index (χ2n) is 3.25. The summed E-state index contributed by atoms with van der Waals surface area (Å²) in [5.41, 5.74) is -1.49. The number of hydrogen-bond acceptors (Lipinski definition) is 3. The average Bonchev–Trinajstić information content (AvgIpc) is 1.99. The van der Waals surface area contributed by atoms with Crippen molar-refractivity contribution in [2.75, 3.05) is 0 Å². The molecule has 0 atom stereocenters. The van der Waals surface area contributed by atoms with E-state index in [1.54, 1.807) is 0 Å². The minimum absolute atomic E-state index is 0.241. The predicted molar refractivity (Wildman–Crippen MR) is 43.3 cm³/mol. The Kier molecular flexibility index (Phi) is 3.59. The molecule has 2 N–H and O–H groups in total. The van der Waals surface area contributed by atoms with Crippen LogP contribution in [0.5, 0.6) is 0 Å². The maximum absolute atomic E-state index is 11.2. The molecule has 0 aliphatic rings. The fourth-order valence-electron chi connectivity index (χ4n) is 0.652. The maximum Gasteiger partial charge on any atom is 0.316 e. The van der Waals surface area contributed by atoms with Crippen LogP contribution < -0.4 is 0 Å². The summed E-state index contributed by atoms with van der Waals surface area (Å²) in [6, 6.07) is 0. The highest BCUT2D eigenvalue weighted by Crippen LogP contribution is 2.19. The fraction of sp³-hybridized carbons (Fsp3) is 0.625. The molecule has 0 unspecified atom stereocenters. The lowest BCUT2D eigenvalue weighted by Crippen LogP contribution is -2.33. The van der Waals surface area contributed by atoms with Crippen molar-refractivity contribution in [2.24, 2.45) is 5.41 Å². The second-order valence-corrected chi connectivity index (χ2v) is 3.25.